The van der Waals surface area contributed by atoms with Gasteiger partial charge in [0.1, 0.15) is 12.7 Å². The molecule has 0 aliphatic carbocycles. The molecular formula is C19H34O6. The van der Waals surface area contributed by atoms with Gasteiger partial charge in [0.2, 0.25) is 0 Å². The third-order valence-electron chi connectivity index (χ3n) is 4.57. The highest BCUT2D eigenvalue weighted by Gasteiger charge is 2.49. The summed E-state index contributed by atoms with van der Waals surface area (Å²) in [6.07, 6.45) is 7.31. The van der Waals surface area contributed by atoms with Crippen molar-refractivity contribution >= 4 is 17.5 Å². The summed E-state index contributed by atoms with van der Waals surface area (Å²) < 4.78 is 4.91. The van der Waals surface area contributed by atoms with Gasteiger partial charge in [0.05, 0.1) is 6.61 Å². The number of hydrogen-bond acceptors (Lipinski definition) is 6. The van der Waals surface area contributed by atoms with Gasteiger partial charge in [-0.2, -0.15) is 0 Å². The Hall–Kier alpha value is -1.27. The highest BCUT2D eigenvalue weighted by Crippen LogP contribution is 2.30. The molecule has 0 fully saturated rings. The minimum Gasteiger partial charge on any atom is -0.462 e. The molecule has 0 rings (SSSR count). The Kier molecular flexibility index (Phi) is 12.3. The normalized spacial score (nSPS) is 12.7. The number of aliphatic hydroxyl groups is 2. The van der Waals surface area contributed by atoms with Gasteiger partial charge in [-0.05, 0) is 20.3 Å². The van der Waals surface area contributed by atoms with Crippen molar-refractivity contribution in [2.75, 3.05) is 13.2 Å². The van der Waals surface area contributed by atoms with Crippen molar-refractivity contribution in [3.8, 4) is 0 Å². The van der Waals surface area contributed by atoms with Gasteiger partial charge >= 0.3 is 5.97 Å². The van der Waals surface area contributed by atoms with Gasteiger partial charge < -0.3 is 14.9 Å². The molecule has 0 saturated carbocycles. The highest BCUT2D eigenvalue weighted by atomic mass is 16.5. The van der Waals surface area contributed by atoms with Crippen molar-refractivity contribution in [2.24, 2.45) is 5.41 Å². The number of rotatable bonds is 15. The van der Waals surface area contributed by atoms with Gasteiger partial charge in [0.15, 0.2) is 17.0 Å². The summed E-state index contributed by atoms with van der Waals surface area (Å²) in [6.45, 7) is 3.61. The van der Waals surface area contributed by atoms with Crippen molar-refractivity contribution in [2.45, 2.75) is 84.7 Å². The summed E-state index contributed by atoms with van der Waals surface area (Å²) in [6, 6.07) is 0. The van der Waals surface area contributed by atoms with Crippen LogP contribution in [-0.2, 0) is 19.1 Å². The maximum Gasteiger partial charge on any atom is 0.327 e. The van der Waals surface area contributed by atoms with E-state index in [0.717, 1.165) is 19.3 Å². The molecule has 0 radical (unpaired) electrons. The molecule has 25 heavy (non-hydrogen) atoms. The minimum absolute atomic E-state index is 0.126. The molecule has 0 bridgehead atoms. The molecule has 0 aromatic carbocycles. The molecule has 0 aromatic heterocycles. The van der Waals surface area contributed by atoms with Crippen LogP contribution in [0.15, 0.2) is 0 Å². The van der Waals surface area contributed by atoms with Gasteiger partial charge in [-0.15, -0.1) is 0 Å². The van der Waals surface area contributed by atoms with Gasteiger partial charge in [-0.25, -0.2) is 0 Å². The number of carbonyl (C=O) groups excluding carboxylic acids is 3. The number of aliphatic hydroxyl groups excluding tert-OH is 2. The van der Waals surface area contributed by atoms with E-state index in [2.05, 4.69) is 6.92 Å². The lowest BCUT2D eigenvalue weighted by molar-refractivity contribution is -0.166. The van der Waals surface area contributed by atoms with Crippen LogP contribution in [0.1, 0.15) is 78.6 Å². The van der Waals surface area contributed by atoms with Crippen LogP contribution in [0, 0.1) is 5.41 Å². The summed E-state index contributed by atoms with van der Waals surface area (Å²) in [4.78, 5) is 36.5. The predicted octanol–water partition coefficient (Wildman–Crippen LogP) is 2.58. The molecule has 1 unspecified atom stereocenters. The van der Waals surface area contributed by atoms with Gasteiger partial charge in [-0.1, -0.05) is 58.3 Å². The number of Topliss-reactive ketones (excluding diaryl/α,β-unsaturated/α-hetero) is 2. The van der Waals surface area contributed by atoms with Crippen LogP contribution >= 0.6 is 0 Å². The molecule has 0 aromatic rings. The van der Waals surface area contributed by atoms with Gasteiger partial charge in [-0.3, -0.25) is 14.4 Å². The fourth-order valence-electron chi connectivity index (χ4n) is 2.86. The Morgan fingerprint density at radius 3 is 1.84 bits per heavy atom. The number of carbonyl (C=O) groups is 3. The molecule has 0 saturated heterocycles. The zero-order chi connectivity index (χ0) is 19.3. The standard InChI is InChI=1S/C19H34O6/c1-4-5-6-7-8-9-10-11-12-19(15(2)21,16(3)22)18(24)25-14-17(23)13-20/h17,20,23H,4-14H2,1-3H3. The second-order valence-electron chi connectivity index (χ2n) is 6.68. The van der Waals surface area contributed by atoms with E-state index < -0.39 is 42.3 Å². The molecule has 0 spiro atoms. The first kappa shape index (κ1) is 23.7. The quantitative estimate of drug-likeness (QED) is 0.265. The molecule has 2 N–H and O–H groups in total. The average Bonchev–Trinajstić information content (AvgIpc) is 2.57. The predicted molar refractivity (Wildman–Crippen MR) is 95.1 cm³/mol. The lowest BCUT2D eigenvalue weighted by Crippen LogP contribution is -2.46. The van der Waals surface area contributed by atoms with Gasteiger partial charge in [0.25, 0.3) is 0 Å². The average molecular weight is 358 g/mol. The molecule has 6 heteroatoms. The fourth-order valence-corrected chi connectivity index (χ4v) is 2.86. The van der Waals surface area contributed by atoms with Crippen molar-refractivity contribution in [3.05, 3.63) is 0 Å². The highest BCUT2D eigenvalue weighted by molar-refractivity contribution is 6.21. The summed E-state index contributed by atoms with van der Waals surface area (Å²) in [7, 11) is 0. The smallest absolute Gasteiger partial charge is 0.327 e. The van der Waals surface area contributed by atoms with Crippen molar-refractivity contribution < 1.29 is 29.3 Å². The summed E-state index contributed by atoms with van der Waals surface area (Å²) in [5, 5.41) is 18.1. The first-order chi connectivity index (χ1) is 11.8. The van der Waals surface area contributed by atoms with Crippen molar-refractivity contribution in [1.29, 1.82) is 0 Å². The first-order valence-electron chi connectivity index (χ1n) is 9.31. The molecule has 1 atom stereocenters. The summed E-state index contributed by atoms with van der Waals surface area (Å²) >= 11 is 0. The minimum atomic E-state index is -1.79. The van der Waals surface area contributed by atoms with E-state index in [9.17, 15) is 19.5 Å². The van der Waals surface area contributed by atoms with Crippen LogP contribution < -0.4 is 0 Å². The van der Waals surface area contributed by atoms with Crippen molar-refractivity contribution in [1.82, 2.24) is 0 Å². The molecule has 6 nitrogen and oxygen atoms in total. The number of esters is 1. The lowest BCUT2D eigenvalue weighted by Gasteiger charge is -2.26. The topological polar surface area (TPSA) is 101 Å². The Balaban J connectivity index is 4.59. The monoisotopic (exact) mass is 358 g/mol. The van der Waals surface area contributed by atoms with Crippen LogP contribution in [0.5, 0.6) is 0 Å². The second-order valence-corrected chi connectivity index (χ2v) is 6.68. The van der Waals surface area contributed by atoms with Crippen LogP contribution in [0.2, 0.25) is 0 Å². The number of hydrogen-bond donors (Lipinski definition) is 2. The number of unbranched alkanes of at least 4 members (excludes halogenated alkanes) is 7. The van der Waals surface area contributed by atoms with Crippen LogP contribution in [0.25, 0.3) is 0 Å². The number of ketones is 2. The number of ether oxygens (including phenoxy) is 1. The van der Waals surface area contributed by atoms with E-state index in [1.54, 1.807) is 0 Å². The second kappa shape index (κ2) is 13.0. The van der Waals surface area contributed by atoms with Crippen LogP contribution in [-0.4, -0.2) is 47.1 Å². The first-order valence-corrected chi connectivity index (χ1v) is 9.31. The Morgan fingerprint density at radius 1 is 0.920 bits per heavy atom. The SMILES string of the molecule is CCCCCCCCCCC(C(C)=O)(C(C)=O)C(=O)OCC(O)CO. The van der Waals surface area contributed by atoms with E-state index in [-0.39, 0.29) is 6.42 Å². The maximum absolute atomic E-state index is 12.4. The zero-order valence-corrected chi connectivity index (χ0v) is 15.9. The van der Waals surface area contributed by atoms with Gasteiger partial charge in [0, 0.05) is 0 Å². The van der Waals surface area contributed by atoms with E-state index in [4.69, 9.17) is 9.84 Å². The van der Waals surface area contributed by atoms with Crippen LogP contribution in [0.3, 0.4) is 0 Å². The molecule has 146 valence electrons. The largest absolute Gasteiger partial charge is 0.462 e. The molecule has 0 amide bonds. The third kappa shape index (κ3) is 8.10. The lowest BCUT2D eigenvalue weighted by atomic mass is 9.75. The Bertz CT molecular complexity index is 404. The van der Waals surface area contributed by atoms with Crippen molar-refractivity contribution in [3.63, 3.8) is 0 Å². The zero-order valence-electron chi connectivity index (χ0n) is 15.9. The third-order valence-corrected chi connectivity index (χ3v) is 4.57. The Morgan fingerprint density at radius 2 is 1.40 bits per heavy atom. The van der Waals surface area contributed by atoms with E-state index in [1.807, 2.05) is 0 Å². The Labute approximate surface area is 150 Å². The summed E-state index contributed by atoms with van der Waals surface area (Å²) in [5.41, 5.74) is -1.79. The summed E-state index contributed by atoms with van der Waals surface area (Å²) in [5.74, 6) is -2.00. The maximum atomic E-state index is 12.4. The van der Waals surface area contributed by atoms with E-state index >= 15 is 0 Å². The van der Waals surface area contributed by atoms with E-state index in [1.165, 1.54) is 39.5 Å². The van der Waals surface area contributed by atoms with Crippen LogP contribution in [0.4, 0.5) is 0 Å². The van der Waals surface area contributed by atoms with E-state index in [0.29, 0.717) is 6.42 Å². The fraction of sp³-hybridized carbons (Fsp3) is 0.842. The molecule has 0 aliphatic heterocycles. The molecular weight excluding hydrogens is 324 g/mol. The molecule has 0 heterocycles. The molecule has 0 aliphatic rings.